The summed E-state index contributed by atoms with van der Waals surface area (Å²) in [5, 5.41) is -2.66. The number of nitrogens with zero attached hydrogens (tertiary/aromatic N) is 1. The molecular formula is C21H21ClFNO3S. The number of Topliss-reactive ketones (excluding diaryl/α,β-unsaturated/α-hetero) is 1. The summed E-state index contributed by atoms with van der Waals surface area (Å²) in [5.74, 6) is -1.27. The lowest BCUT2D eigenvalue weighted by Crippen LogP contribution is -2.44. The molecule has 1 unspecified atom stereocenters. The van der Waals surface area contributed by atoms with Crippen LogP contribution in [0.5, 0.6) is 0 Å². The van der Waals surface area contributed by atoms with Crippen molar-refractivity contribution >= 4 is 27.4 Å². The first-order chi connectivity index (χ1) is 13.1. The van der Waals surface area contributed by atoms with E-state index in [1.165, 1.54) is 16.4 Å². The number of fused-ring (bicyclic) bond motifs is 1. The number of benzene rings is 2. The number of hydrogen-bond donors (Lipinski definition) is 0. The maximum Gasteiger partial charge on any atom is 0.253 e. The zero-order valence-electron chi connectivity index (χ0n) is 15.6. The molecule has 1 aliphatic carbocycles. The van der Waals surface area contributed by atoms with Crippen molar-refractivity contribution < 1.29 is 17.6 Å². The van der Waals surface area contributed by atoms with Crippen LogP contribution >= 0.6 is 11.6 Å². The van der Waals surface area contributed by atoms with Gasteiger partial charge < -0.3 is 0 Å². The lowest BCUT2D eigenvalue weighted by molar-refractivity contribution is 0.0667. The molecule has 4 nitrogen and oxygen atoms in total. The molecule has 2 aromatic carbocycles. The Morgan fingerprint density at radius 2 is 1.79 bits per heavy atom. The molecular weight excluding hydrogens is 401 g/mol. The molecule has 4 atom stereocenters. The van der Waals surface area contributed by atoms with Crippen LogP contribution in [-0.2, 0) is 10.0 Å². The molecule has 1 saturated heterocycles. The number of piperidine rings is 1. The van der Waals surface area contributed by atoms with Crippen molar-refractivity contribution in [2.75, 3.05) is 13.1 Å². The minimum absolute atomic E-state index is 0.104. The van der Waals surface area contributed by atoms with Crippen LogP contribution in [0.3, 0.4) is 0 Å². The number of halogens is 2. The summed E-state index contributed by atoms with van der Waals surface area (Å²) in [6.07, 6.45) is 0. The van der Waals surface area contributed by atoms with Crippen LogP contribution in [0.1, 0.15) is 22.8 Å². The van der Waals surface area contributed by atoms with E-state index < -0.39 is 26.3 Å². The highest BCUT2D eigenvalue weighted by atomic mass is 35.5. The van der Waals surface area contributed by atoms with E-state index in [4.69, 9.17) is 11.6 Å². The van der Waals surface area contributed by atoms with Gasteiger partial charge in [-0.15, -0.1) is 0 Å². The van der Waals surface area contributed by atoms with Gasteiger partial charge in [-0.2, -0.15) is 4.31 Å². The van der Waals surface area contributed by atoms with Crippen LogP contribution in [0.4, 0.5) is 4.39 Å². The van der Waals surface area contributed by atoms with Gasteiger partial charge in [0.15, 0.2) is 0 Å². The first kappa shape index (κ1) is 19.6. The Kier molecular flexibility index (Phi) is 4.45. The highest BCUT2D eigenvalue weighted by Gasteiger charge is 2.79. The van der Waals surface area contributed by atoms with Crippen LogP contribution in [0.15, 0.2) is 59.5 Å². The van der Waals surface area contributed by atoms with E-state index in [1.54, 1.807) is 42.5 Å². The first-order valence-electron chi connectivity index (χ1n) is 9.17. The van der Waals surface area contributed by atoms with Crippen molar-refractivity contribution in [2.45, 2.75) is 23.9 Å². The van der Waals surface area contributed by atoms with E-state index in [9.17, 15) is 13.2 Å². The molecule has 0 N–H and O–H groups in total. The Morgan fingerprint density at radius 1 is 1.18 bits per heavy atom. The Balaban J connectivity index is 1.64. The molecule has 2 fully saturated rings. The van der Waals surface area contributed by atoms with Gasteiger partial charge in [0.2, 0.25) is 15.8 Å². The second kappa shape index (κ2) is 6.37. The summed E-state index contributed by atoms with van der Waals surface area (Å²) >= 11 is 6.25. The van der Waals surface area contributed by atoms with Gasteiger partial charge in [0.25, 0.3) is 5.13 Å². The molecule has 4 rings (SSSR count). The zero-order valence-corrected chi connectivity index (χ0v) is 17.2. The number of aryl methyl sites for hydroxylation is 1. The molecule has 0 radical (unpaired) electrons. The second-order valence-electron chi connectivity index (χ2n) is 7.82. The third-order valence-corrected chi connectivity index (χ3v) is 8.72. The molecule has 148 valence electrons. The van der Waals surface area contributed by atoms with E-state index in [1.807, 2.05) is 13.8 Å². The highest BCUT2D eigenvalue weighted by Crippen LogP contribution is 2.71. The summed E-state index contributed by atoms with van der Waals surface area (Å²) in [6, 6.07) is 14.6. The average molecular weight is 422 g/mol. The minimum atomic E-state index is -3.77. The van der Waals surface area contributed by atoms with Crippen LogP contribution in [-0.4, -0.2) is 36.7 Å². The van der Waals surface area contributed by atoms with Crippen molar-refractivity contribution in [3.63, 3.8) is 0 Å². The lowest BCUT2D eigenvalue weighted by atomic mass is 9.90. The van der Waals surface area contributed by atoms with E-state index >= 15 is 4.39 Å². The van der Waals surface area contributed by atoms with Crippen LogP contribution in [0, 0.1) is 24.2 Å². The van der Waals surface area contributed by atoms with E-state index in [-0.39, 0.29) is 35.4 Å². The highest BCUT2D eigenvalue weighted by molar-refractivity contribution is 7.89. The SMILES string of the molecule is Cc1ccc(S(=O)(=O)N2C[C@H]3[C@H](C)[C@@]3(C(F)(Cl)C(=O)c3ccccc3)C2)cc1. The van der Waals surface area contributed by atoms with Gasteiger partial charge in [0.1, 0.15) is 0 Å². The summed E-state index contributed by atoms with van der Waals surface area (Å²) in [7, 11) is -3.77. The molecule has 0 amide bonds. The number of sulfonamides is 1. The van der Waals surface area contributed by atoms with Gasteiger partial charge in [-0.1, -0.05) is 66.6 Å². The van der Waals surface area contributed by atoms with Gasteiger partial charge in [-0.05, 0) is 30.9 Å². The standard InChI is InChI=1S/C21H21ClFNO3S/c1-14-8-10-17(11-9-14)28(26,27)24-12-18-15(2)20(18,13-24)21(22,23)19(25)16-6-4-3-5-7-16/h3-11,15,18H,12-13H2,1-2H3/t15-,18-,20-,21?/m0/s1. The lowest BCUT2D eigenvalue weighted by Gasteiger charge is -2.29. The monoisotopic (exact) mass is 421 g/mol. The molecule has 1 aliphatic heterocycles. The number of hydrogen-bond acceptors (Lipinski definition) is 3. The summed E-state index contributed by atoms with van der Waals surface area (Å²) in [5.41, 5.74) is -0.0726. The van der Waals surface area contributed by atoms with Crippen LogP contribution in [0.25, 0.3) is 0 Å². The van der Waals surface area contributed by atoms with Crippen molar-refractivity contribution in [1.29, 1.82) is 0 Å². The molecule has 0 aromatic heterocycles. The minimum Gasteiger partial charge on any atom is -0.289 e. The zero-order chi connectivity index (χ0) is 20.3. The molecule has 2 aliphatic rings. The van der Waals surface area contributed by atoms with Crippen LogP contribution < -0.4 is 0 Å². The molecule has 1 saturated carbocycles. The largest absolute Gasteiger partial charge is 0.289 e. The number of ketones is 1. The van der Waals surface area contributed by atoms with Crippen molar-refractivity contribution in [3.8, 4) is 0 Å². The predicted octanol–water partition coefficient (Wildman–Crippen LogP) is 4.04. The maximum absolute atomic E-state index is 15.8. The third kappa shape index (κ3) is 2.65. The molecule has 7 heteroatoms. The summed E-state index contributed by atoms with van der Waals surface area (Å²) in [6.45, 7) is 3.76. The smallest absolute Gasteiger partial charge is 0.253 e. The Labute approximate surface area is 169 Å². The topological polar surface area (TPSA) is 54.5 Å². The van der Waals surface area contributed by atoms with E-state index in [0.29, 0.717) is 0 Å². The van der Waals surface area contributed by atoms with Crippen LogP contribution in [0.2, 0.25) is 0 Å². The van der Waals surface area contributed by atoms with Gasteiger partial charge in [-0.3, -0.25) is 4.79 Å². The quantitative estimate of drug-likeness (QED) is 0.540. The Hall–Kier alpha value is -1.76. The molecule has 2 aromatic rings. The molecule has 1 heterocycles. The maximum atomic E-state index is 15.8. The van der Waals surface area contributed by atoms with Gasteiger partial charge in [0, 0.05) is 24.1 Å². The van der Waals surface area contributed by atoms with E-state index in [0.717, 1.165) is 5.56 Å². The summed E-state index contributed by atoms with van der Waals surface area (Å²) in [4.78, 5) is 13.0. The number of carbonyl (C=O) groups is 1. The average Bonchev–Trinajstić information content (AvgIpc) is 3.05. The number of carbonyl (C=O) groups excluding carboxylic acids is 1. The predicted molar refractivity (Wildman–Crippen MR) is 105 cm³/mol. The van der Waals surface area contributed by atoms with Gasteiger partial charge >= 0.3 is 0 Å². The van der Waals surface area contributed by atoms with Gasteiger partial charge in [0.05, 0.1) is 4.90 Å². The fourth-order valence-corrected chi connectivity index (χ4v) is 6.53. The molecule has 0 bridgehead atoms. The molecule has 0 spiro atoms. The number of alkyl halides is 2. The Morgan fingerprint density at radius 3 is 2.39 bits per heavy atom. The normalized spacial score (nSPS) is 29.1. The summed E-state index contributed by atoms with van der Waals surface area (Å²) < 4.78 is 43.0. The third-order valence-electron chi connectivity index (χ3n) is 6.37. The molecule has 28 heavy (non-hydrogen) atoms. The van der Waals surface area contributed by atoms with Gasteiger partial charge in [-0.25, -0.2) is 12.8 Å². The van der Waals surface area contributed by atoms with Crippen molar-refractivity contribution in [1.82, 2.24) is 4.31 Å². The first-order valence-corrected chi connectivity index (χ1v) is 11.0. The van der Waals surface area contributed by atoms with E-state index in [2.05, 4.69) is 0 Å². The van der Waals surface area contributed by atoms with Crippen molar-refractivity contribution in [3.05, 3.63) is 65.7 Å². The second-order valence-corrected chi connectivity index (χ2v) is 10.3. The fraction of sp³-hybridized carbons (Fsp3) is 0.381. The number of rotatable bonds is 5. The Bertz CT molecular complexity index is 1020. The van der Waals surface area contributed by atoms with Crippen molar-refractivity contribution in [2.24, 2.45) is 17.3 Å². The fourth-order valence-electron chi connectivity index (χ4n) is 4.53.